The van der Waals surface area contributed by atoms with Gasteiger partial charge in [0.15, 0.2) is 0 Å². The molecule has 0 aliphatic heterocycles. The van der Waals surface area contributed by atoms with Gasteiger partial charge >= 0.3 is 0 Å². The van der Waals surface area contributed by atoms with Gasteiger partial charge in [0.05, 0.1) is 13.2 Å². The van der Waals surface area contributed by atoms with E-state index in [-0.39, 0.29) is 13.2 Å². The molecule has 0 saturated heterocycles. The number of rotatable bonds is 6. The Kier molecular flexibility index (Phi) is 13.6. The summed E-state index contributed by atoms with van der Waals surface area (Å²) in [6.07, 6.45) is 2.99. The van der Waals surface area contributed by atoms with Crippen LogP contribution in [0.5, 0.6) is 0 Å². The van der Waals surface area contributed by atoms with Crippen molar-refractivity contribution in [3.8, 4) is 0 Å². The number of aliphatic hydroxyl groups is 2. The van der Waals surface area contributed by atoms with E-state index in [4.69, 9.17) is 21.7 Å². The maximum absolute atomic E-state index is 10.8. The average Bonchev–Trinajstić information content (AvgIpc) is 2.75. The summed E-state index contributed by atoms with van der Waals surface area (Å²) in [7, 11) is 0. The summed E-state index contributed by atoms with van der Waals surface area (Å²) in [4.78, 5) is 29.0. The first-order chi connectivity index (χ1) is 13.2. The number of hydrogen-bond donors (Lipinski definition) is 4. The fourth-order valence-electron chi connectivity index (χ4n) is 1.92. The second-order valence-electron chi connectivity index (χ2n) is 4.84. The highest BCUT2D eigenvalue weighted by atomic mass is 16.3. The minimum absolute atomic E-state index is 0.125. The fraction of sp³-hybridized carbons (Fsp3) is 0.263. The van der Waals surface area contributed by atoms with E-state index >= 15 is 0 Å². The van der Waals surface area contributed by atoms with Crippen LogP contribution < -0.4 is 11.5 Å². The third-order valence-corrected chi connectivity index (χ3v) is 3.03. The molecule has 0 aromatic heterocycles. The average molecular weight is 372 g/mol. The van der Waals surface area contributed by atoms with Crippen LogP contribution in [0.15, 0.2) is 70.6 Å². The zero-order valence-electron chi connectivity index (χ0n) is 14.9. The molecule has 0 heterocycles. The van der Waals surface area contributed by atoms with Gasteiger partial charge in [-0.25, -0.2) is 9.59 Å². The lowest BCUT2D eigenvalue weighted by Gasteiger charge is -2.22. The number of carbonyl (C=O) groups excluding carboxylic acids is 2. The lowest BCUT2D eigenvalue weighted by molar-refractivity contribution is 0.186. The van der Waals surface area contributed by atoms with Crippen molar-refractivity contribution in [2.45, 2.75) is 5.66 Å². The maximum atomic E-state index is 10.8. The summed E-state index contributed by atoms with van der Waals surface area (Å²) in [5, 5.41) is 15.2. The van der Waals surface area contributed by atoms with Crippen molar-refractivity contribution in [1.29, 1.82) is 0 Å². The Balaban J connectivity index is 0.000000718. The number of nitrogens with zero attached hydrogens (tertiary/aromatic N) is 2. The first-order valence-corrected chi connectivity index (χ1v) is 8.07. The van der Waals surface area contributed by atoms with Gasteiger partial charge in [-0.15, -0.1) is 0 Å². The van der Waals surface area contributed by atoms with E-state index < -0.39 is 5.66 Å². The summed E-state index contributed by atoms with van der Waals surface area (Å²) >= 11 is 0. The largest absolute Gasteiger partial charge is 0.394 e. The molecular formula is C19H24N4O4. The molecular weight excluding hydrogens is 348 g/mol. The van der Waals surface area contributed by atoms with Gasteiger partial charge in [0.25, 0.3) is 0 Å². The van der Waals surface area contributed by atoms with Crippen LogP contribution in [0.3, 0.4) is 0 Å². The van der Waals surface area contributed by atoms with Crippen molar-refractivity contribution >= 4 is 12.2 Å². The Morgan fingerprint density at radius 1 is 0.741 bits per heavy atom. The summed E-state index contributed by atoms with van der Waals surface area (Å²) in [6.45, 7) is 0.944. The molecule has 144 valence electrons. The van der Waals surface area contributed by atoms with Gasteiger partial charge in [0.2, 0.25) is 17.8 Å². The van der Waals surface area contributed by atoms with E-state index in [0.717, 1.165) is 0 Å². The minimum Gasteiger partial charge on any atom is -0.394 e. The van der Waals surface area contributed by atoms with E-state index in [2.05, 4.69) is 9.98 Å². The summed E-state index contributed by atoms with van der Waals surface area (Å²) < 4.78 is 0. The Bertz CT molecular complexity index is 646. The van der Waals surface area contributed by atoms with Crippen LogP contribution in [-0.2, 0) is 15.3 Å². The van der Waals surface area contributed by atoms with Gasteiger partial charge in [0.1, 0.15) is 0 Å². The zero-order valence-corrected chi connectivity index (χ0v) is 14.9. The zero-order chi connectivity index (χ0) is 20.4. The molecule has 0 saturated carbocycles. The third kappa shape index (κ3) is 8.31. The molecule has 8 nitrogen and oxygen atoms in total. The predicted molar refractivity (Wildman–Crippen MR) is 102 cm³/mol. The van der Waals surface area contributed by atoms with Gasteiger partial charge < -0.3 is 21.7 Å². The molecule has 0 spiro atoms. The Morgan fingerprint density at radius 2 is 1.07 bits per heavy atom. The van der Waals surface area contributed by atoms with E-state index in [9.17, 15) is 9.59 Å². The molecule has 0 atom stereocenters. The number of benzene rings is 2. The lowest BCUT2D eigenvalue weighted by Crippen LogP contribution is -2.22. The van der Waals surface area contributed by atoms with Gasteiger partial charge in [0, 0.05) is 24.2 Å². The number of aliphatic hydroxyl groups excluding tert-OH is 2. The predicted octanol–water partition coefficient (Wildman–Crippen LogP) is 0.434. The molecule has 2 rings (SSSR count). The molecule has 6 N–H and O–H groups in total. The van der Waals surface area contributed by atoms with Crippen molar-refractivity contribution in [3.63, 3.8) is 0 Å². The van der Waals surface area contributed by atoms with Gasteiger partial charge in [-0.05, 0) is 0 Å². The number of nitrogens with two attached hydrogens (primary N) is 2. The van der Waals surface area contributed by atoms with Crippen molar-refractivity contribution in [2.24, 2.45) is 21.5 Å². The SMILES string of the molecule is NCCN.O=C=NC(N=C=O)(c1ccccc1)c1ccccc1.OCCO. The molecule has 27 heavy (non-hydrogen) atoms. The molecule has 0 radical (unpaired) electrons. The number of isocyanates is 2. The quantitative estimate of drug-likeness (QED) is 0.426. The van der Waals surface area contributed by atoms with Crippen LogP contribution in [0.1, 0.15) is 11.1 Å². The topological polar surface area (TPSA) is 151 Å². The molecule has 0 amide bonds. The second-order valence-corrected chi connectivity index (χ2v) is 4.84. The van der Waals surface area contributed by atoms with Crippen LogP contribution >= 0.6 is 0 Å². The van der Waals surface area contributed by atoms with E-state index in [1.54, 1.807) is 48.5 Å². The summed E-state index contributed by atoms with van der Waals surface area (Å²) in [6, 6.07) is 17.8. The summed E-state index contributed by atoms with van der Waals surface area (Å²) in [5.41, 5.74) is 9.60. The first-order valence-electron chi connectivity index (χ1n) is 8.07. The Morgan fingerprint density at radius 3 is 1.30 bits per heavy atom. The monoisotopic (exact) mass is 372 g/mol. The molecule has 0 bridgehead atoms. The standard InChI is InChI=1S/C15H10N2O2.C2H8N2.C2H6O2/c18-11-16-15(17-12-19,13-7-3-1-4-8-13)14-9-5-2-6-10-14;2*3-1-2-4/h1-10H;1-4H2;3-4H,1-2H2. The van der Waals surface area contributed by atoms with Crippen molar-refractivity contribution in [1.82, 2.24) is 0 Å². The molecule has 2 aromatic carbocycles. The highest BCUT2D eigenvalue weighted by Crippen LogP contribution is 2.34. The van der Waals surface area contributed by atoms with Gasteiger partial charge in [-0.2, -0.15) is 9.98 Å². The second kappa shape index (κ2) is 15.3. The van der Waals surface area contributed by atoms with E-state index in [0.29, 0.717) is 24.2 Å². The molecule has 0 unspecified atom stereocenters. The van der Waals surface area contributed by atoms with Crippen LogP contribution in [0.4, 0.5) is 0 Å². The molecule has 0 fully saturated rings. The van der Waals surface area contributed by atoms with Gasteiger partial charge in [-0.1, -0.05) is 60.7 Å². The number of aliphatic imine (C=N–C) groups is 2. The lowest BCUT2D eigenvalue weighted by atomic mass is 9.92. The van der Waals surface area contributed by atoms with Crippen molar-refractivity contribution < 1.29 is 19.8 Å². The van der Waals surface area contributed by atoms with Crippen LogP contribution in [-0.4, -0.2) is 48.7 Å². The van der Waals surface area contributed by atoms with Crippen molar-refractivity contribution in [2.75, 3.05) is 26.3 Å². The smallest absolute Gasteiger partial charge is 0.238 e. The molecule has 8 heteroatoms. The Labute approximate surface area is 157 Å². The normalized spacial score (nSPS) is 9.33. The molecule has 0 aliphatic carbocycles. The molecule has 2 aromatic rings. The maximum Gasteiger partial charge on any atom is 0.238 e. The van der Waals surface area contributed by atoms with Crippen LogP contribution in [0.25, 0.3) is 0 Å². The van der Waals surface area contributed by atoms with Gasteiger partial charge in [-0.3, -0.25) is 0 Å². The highest BCUT2D eigenvalue weighted by molar-refractivity contribution is 5.49. The van der Waals surface area contributed by atoms with Crippen LogP contribution in [0, 0.1) is 0 Å². The minimum atomic E-state index is -1.41. The third-order valence-electron chi connectivity index (χ3n) is 3.03. The van der Waals surface area contributed by atoms with Crippen LogP contribution in [0.2, 0.25) is 0 Å². The highest BCUT2D eigenvalue weighted by Gasteiger charge is 2.33. The number of hydrogen-bond acceptors (Lipinski definition) is 8. The fourth-order valence-corrected chi connectivity index (χ4v) is 1.92. The Hall–Kier alpha value is -2.96. The summed E-state index contributed by atoms with van der Waals surface area (Å²) in [5.74, 6) is 0. The van der Waals surface area contributed by atoms with Crippen molar-refractivity contribution in [3.05, 3.63) is 71.8 Å². The first kappa shape index (κ1) is 24.0. The van der Waals surface area contributed by atoms with E-state index in [1.807, 2.05) is 12.1 Å². The molecule has 0 aliphatic rings. The van der Waals surface area contributed by atoms with E-state index in [1.165, 1.54) is 12.2 Å².